The number of urea groups is 1. The van der Waals surface area contributed by atoms with E-state index in [4.69, 9.17) is 9.84 Å². The van der Waals surface area contributed by atoms with Crippen molar-refractivity contribution in [2.24, 2.45) is 10.8 Å². The summed E-state index contributed by atoms with van der Waals surface area (Å²) in [7, 11) is 1.66. The fourth-order valence-electron chi connectivity index (χ4n) is 2.12. The third kappa shape index (κ3) is 3.37. The summed E-state index contributed by atoms with van der Waals surface area (Å²) >= 11 is 0. The molecule has 0 bridgehead atoms. The Kier molecular flexibility index (Phi) is 4.45. The zero-order valence-electron chi connectivity index (χ0n) is 12.2. The standard InChI is InChI=1S/C13H24N2O4/c1-12(2,10(16)17)7-14-11(18)15-8-6-9(19-5)13(8,3)4/h8-9H,6-7H2,1-5H3,(H,16,17)(H2,14,15,18). The lowest BCUT2D eigenvalue weighted by Gasteiger charge is -2.51. The van der Waals surface area contributed by atoms with Crippen molar-refractivity contribution in [1.29, 1.82) is 0 Å². The van der Waals surface area contributed by atoms with Crippen LogP contribution in [0.15, 0.2) is 0 Å². The van der Waals surface area contributed by atoms with E-state index in [0.717, 1.165) is 6.42 Å². The second kappa shape index (κ2) is 5.36. The SMILES string of the molecule is COC1CC(NC(=O)NCC(C)(C)C(=O)O)C1(C)C. The molecule has 0 aromatic heterocycles. The van der Waals surface area contributed by atoms with E-state index in [1.807, 2.05) is 13.8 Å². The van der Waals surface area contributed by atoms with Crippen LogP contribution in [-0.4, -0.2) is 42.9 Å². The van der Waals surface area contributed by atoms with Gasteiger partial charge in [-0.3, -0.25) is 4.79 Å². The molecule has 0 saturated heterocycles. The van der Waals surface area contributed by atoms with Crippen molar-refractivity contribution in [1.82, 2.24) is 10.6 Å². The molecule has 0 spiro atoms. The molecule has 0 aromatic rings. The van der Waals surface area contributed by atoms with E-state index in [2.05, 4.69) is 10.6 Å². The van der Waals surface area contributed by atoms with Gasteiger partial charge in [-0.25, -0.2) is 4.79 Å². The van der Waals surface area contributed by atoms with Crippen LogP contribution in [-0.2, 0) is 9.53 Å². The molecule has 1 saturated carbocycles. The molecule has 1 aliphatic rings. The number of amides is 2. The van der Waals surface area contributed by atoms with E-state index in [-0.39, 0.29) is 30.1 Å². The normalized spacial score (nSPS) is 25.3. The molecular weight excluding hydrogens is 248 g/mol. The molecule has 0 heterocycles. The quantitative estimate of drug-likeness (QED) is 0.702. The minimum absolute atomic E-state index is 0.0467. The summed E-state index contributed by atoms with van der Waals surface area (Å²) in [5.74, 6) is -0.934. The van der Waals surface area contributed by atoms with Gasteiger partial charge in [0.15, 0.2) is 0 Å². The highest BCUT2D eigenvalue weighted by Crippen LogP contribution is 2.42. The monoisotopic (exact) mass is 272 g/mol. The van der Waals surface area contributed by atoms with Crippen LogP contribution in [0.3, 0.4) is 0 Å². The van der Waals surface area contributed by atoms with Crippen LogP contribution in [0.2, 0.25) is 0 Å². The Balaban J connectivity index is 2.40. The Labute approximate surface area is 113 Å². The Morgan fingerprint density at radius 1 is 1.42 bits per heavy atom. The first kappa shape index (κ1) is 15.8. The van der Waals surface area contributed by atoms with Gasteiger partial charge in [-0.15, -0.1) is 0 Å². The number of carboxylic acid groups (broad SMARTS) is 1. The summed E-state index contributed by atoms with van der Waals surface area (Å²) in [6, 6.07) is -0.285. The molecule has 1 aliphatic carbocycles. The number of carbonyl (C=O) groups is 2. The van der Waals surface area contributed by atoms with Crippen molar-refractivity contribution >= 4 is 12.0 Å². The molecule has 3 N–H and O–H groups in total. The summed E-state index contributed by atoms with van der Waals surface area (Å²) in [5, 5.41) is 14.4. The van der Waals surface area contributed by atoms with E-state index in [0.29, 0.717) is 0 Å². The molecule has 110 valence electrons. The summed E-state index contributed by atoms with van der Waals surface area (Å²) in [5.41, 5.74) is -1.07. The van der Waals surface area contributed by atoms with Gasteiger partial charge in [0.25, 0.3) is 0 Å². The van der Waals surface area contributed by atoms with Crippen molar-refractivity contribution < 1.29 is 19.4 Å². The summed E-state index contributed by atoms with van der Waals surface area (Å²) in [6.45, 7) is 7.32. The van der Waals surface area contributed by atoms with E-state index in [1.54, 1.807) is 21.0 Å². The summed E-state index contributed by atoms with van der Waals surface area (Å²) < 4.78 is 5.31. The lowest BCUT2D eigenvalue weighted by molar-refractivity contribution is -0.146. The molecule has 1 rings (SSSR count). The van der Waals surface area contributed by atoms with Gasteiger partial charge in [-0.2, -0.15) is 0 Å². The first-order valence-corrected chi connectivity index (χ1v) is 6.42. The maximum Gasteiger partial charge on any atom is 0.315 e. The fourth-order valence-corrected chi connectivity index (χ4v) is 2.12. The predicted molar refractivity (Wildman–Crippen MR) is 70.9 cm³/mol. The van der Waals surface area contributed by atoms with Gasteiger partial charge in [0, 0.05) is 25.1 Å². The number of rotatable bonds is 5. The van der Waals surface area contributed by atoms with Crippen LogP contribution in [0.1, 0.15) is 34.1 Å². The lowest BCUT2D eigenvalue weighted by atomic mass is 9.64. The molecule has 0 aliphatic heterocycles. The maximum absolute atomic E-state index is 11.7. The van der Waals surface area contributed by atoms with Gasteiger partial charge in [-0.05, 0) is 20.3 Å². The van der Waals surface area contributed by atoms with Crippen LogP contribution in [0, 0.1) is 10.8 Å². The van der Waals surface area contributed by atoms with Gasteiger partial charge in [-0.1, -0.05) is 13.8 Å². The van der Waals surface area contributed by atoms with Gasteiger partial charge in [0.2, 0.25) is 0 Å². The molecule has 2 amide bonds. The van der Waals surface area contributed by atoms with Crippen molar-refractivity contribution in [3.05, 3.63) is 0 Å². The van der Waals surface area contributed by atoms with Crippen molar-refractivity contribution in [3.8, 4) is 0 Å². The van der Waals surface area contributed by atoms with E-state index in [9.17, 15) is 9.59 Å². The van der Waals surface area contributed by atoms with Crippen LogP contribution < -0.4 is 10.6 Å². The number of carbonyl (C=O) groups excluding carboxylic acids is 1. The molecule has 6 nitrogen and oxygen atoms in total. The highest BCUT2D eigenvalue weighted by atomic mass is 16.5. The van der Waals surface area contributed by atoms with Gasteiger partial charge < -0.3 is 20.5 Å². The molecule has 0 aromatic carbocycles. The number of carboxylic acids is 1. The topological polar surface area (TPSA) is 87.7 Å². The Hall–Kier alpha value is -1.30. The average molecular weight is 272 g/mol. The number of methoxy groups -OCH3 is 1. The number of hydrogen-bond acceptors (Lipinski definition) is 3. The molecule has 1 fully saturated rings. The highest BCUT2D eigenvalue weighted by molar-refractivity contribution is 5.77. The molecule has 0 radical (unpaired) electrons. The number of aliphatic carboxylic acids is 1. The average Bonchev–Trinajstić information content (AvgIpc) is 2.31. The summed E-state index contributed by atoms with van der Waals surface area (Å²) in [4.78, 5) is 22.7. The smallest absolute Gasteiger partial charge is 0.315 e. The molecule has 19 heavy (non-hydrogen) atoms. The first-order valence-electron chi connectivity index (χ1n) is 6.42. The minimum atomic E-state index is -0.971. The van der Waals surface area contributed by atoms with Crippen molar-refractivity contribution in [3.63, 3.8) is 0 Å². The Bertz CT molecular complexity index is 366. The van der Waals surface area contributed by atoms with Gasteiger partial charge >= 0.3 is 12.0 Å². The largest absolute Gasteiger partial charge is 0.481 e. The number of hydrogen-bond donors (Lipinski definition) is 3. The van der Waals surface area contributed by atoms with Gasteiger partial charge in [0.1, 0.15) is 0 Å². The van der Waals surface area contributed by atoms with Crippen LogP contribution >= 0.6 is 0 Å². The van der Waals surface area contributed by atoms with Crippen molar-refractivity contribution in [2.45, 2.75) is 46.3 Å². The zero-order chi connectivity index (χ0) is 14.8. The van der Waals surface area contributed by atoms with E-state index < -0.39 is 11.4 Å². The lowest BCUT2D eigenvalue weighted by Crippen LogP contribution is -2.63. The van der Waals surface area contributed by atoms with Crippen molar-refractivity contribution in [2.75, 3.05) is 13.7 Å². The van der Waals surface area contributed by atoms with Crippen LogP contribution in [0.4, 0.5) is 4.79 Å². The molecular formula is C13H24N2O4. The number of ether oxygens (including phenoxy) is 1. The molecule has 2 unspecified atom stereocenters. The van der Waals surface area contributed by atoms with Crippen LogP contribution in [0.25, 0.3) is 0 Å². The summed E-state index contributed by atoms with van der Waals surface area (Å²) in [6.07, 6.45) is 0.924. The predicted octanol–water partition coefficient (Wildman–Crippen LogP) is 1.21. The minimum Gasteiger partial charge on any atom is -0.481 e. The first-order chi connectivity index (χ1) is 8.61. The Morgan fingerprint density at radius 2 is 2.00 bits per heavy atom. The second-order valence-corrected chi connectivity index (χ2v) is 6.35. The van der Waals surface area contributed by atoms with E-state index >= 15 is 0 Å². The Morgan fingerprint density at radius 3 is 2.42 bits per heavy atom. The highest BCUT2D eigenvalue weighted by Gasteiger charge is 2.49. The third-order valence-corrected chi connectivity index (χ3v) is 4.04. The fraction of sp³-hybridized carbons (Fsp3) is 0.846. The maximum atomic E-state index is 11.7. The van der Waals surface area contributed by atoms with Crippen LogP contribution in [0.5, 0.6) is 0 Å². The molecule has 2 atom stereocenters. The number of nitrogens with one attached hydrogen (secondary N) is 2. The second-order valence-electron chi connectivity index (χ2n) is 6.35. The molecule has 6 heteroatoms. The van der Waals surface area contributed by atoms with E-state index in [1.165, 1.54) is 0 Å². The van der Waals surface area contributed by atoms with Gasteiger partial charge in [0.05, 0.1) is 11.5 Å². The zero-order valence-corrected chi connectivity index (χ0v) is 12.2. The third-order valence-electron chi connectivity index (χ3n) is 4.04.